The van der Waals surface area contributed by atoms with E-state index in [1.807, 2.05) is 0 Å². The normalized spacial score (nSPS) is 59.5. The van der Waals surface area contributed by atoms with Crippen molar-refractivity contribution < 1.29 is 0 Å². The molecule has 5 aliphatic carbocycles. The Bertz CT molecular complexity index is 894. The summed E-state index contributed by atoms with van der Waals surface area (Å²) in [6, 6.07) is 0. The summed E-state index contributed by atoms with van der Waals surface area (Å²) >= 11 is 0. The molecule has 5 aliphatic rings. The lowest BCUT2D eigenvalue weighted by atomic mass is 9.28. The topological polar surface area (TPSA) is 0 Å². The molecule has 0 heterocycles. The molecule has 0 N–H and O–H groups in total. The van der Waals surface area contributed by atoms with Crippen molar-refractivity contribution in [3.63, 3.8) is 0 Å². The molecule has 0 amide bonds. The summed E-state index contributed by atoms with van der Waals surface area (Å²) < 4.78 is 0. The van der Waals surface area contributed by atoms with E-state index in [0.717, 1.165) is 94.7 Å². The molecule has 0 aromatic carbocycles. The first-order valence-corrected chi connectivity index (χ1v) is 18.5. The first-order chi connectivity index (χ1) is 18.5. The minimum atomic E-state index is 0.419. The Kier molecular flexibility index (Phi) is 8.30. The average molecular weight is 553 g/mol. The quantitative estimate of drug-likeness (QED) is 0.326. The Morgan fingerprint density at radius 2 is 1.25 bits per heavy atom. The second kappa shape index (κ2) is 10.6. The van der Waals surface area contributed by atoms with Crippen LogP contribution < -0.4 is 0 Å². The fourth-order valence-electron chi connectivity index (χ4n) is 15.4. The van der Waals surface area contributed by atoms with E-state index in [2.05, 4.69) is 96.9 Å². The van der Waals surface area contributed by atoms with E-state index >= 15 is 0 Å². The Balaban J connectivity index is 1.50. The predicted octanol–water partition coefficient (Wildman–Crippen LogP) is 11.9. The van der Waals surface area contributed by atoms with E-state index in [-0.39, 0.29) is 0 Å². The molecular formula is C40H72. The van der Waals surface area contributed by atoms with Crippen LogP contribution in [0.5, 0.6) is 0 Å². The van der Waals surface area contributed by atoms with Gasteiger partial charge in [0, 0.05) is 0 Å². The van der Waals surface area contributed by atoms with Gasteiger partial charge < -0.3 is 0 Å². The Hall–Kier alpha value is 0. The van der Waals surface area contributed by atoms with Crippen LogP contribution in [0.25, 0.3) is 0 Å². The van der Waals surface area contributed by atoms with Gasteiger partial charge in [0.25, 0.3) is 0 Å². The summed E-state index contributed by atoms with van der Waals surface area (Å²) in [5.74, 6) is 14.0. The van der Waals surface area contributed by atoms with Crippen LogP contribution in [0.1, 0.15) is 142 Å². The van der Waals surface area contributed by atoms with Gasteiger partial charge >= 0.3 is 0 Å². The van der Waals surface area contributed by atoms with Gasteiger partial charge in [-0.25, -0.2) is 0 Å². The van der Waals surface area contributed by atoms with Gasteiger partial charge in [-0.2, -0.15) is 0 Å². The van der Waals surface area contributed by atoms with E-state index in [1.165, 1.54) is 44.9 Å². The molecule has 16 unspecified atom stereocenters. The summed E-state index contributed by atoms with van der Waals surface area (Å²) in [6.45, 7) is 37.8. The van der Waals surface area contributed by atoms with Crippen molar-refractivity contribution in [2.45, 2.75) is 142 Å². The van der Waals surface area contributed by atoms with Gasteiger partial charge in [0.15, 0.2) is 0 Å². The van der Waals surface area contributed by atoms with Gasteiger partial charge in [-0.15, -0.1) is 0 Å². The highest BCUT2D eigenvalue weighted by Crippen LogP contribution is 2.78. The van der Waals surface area contributed by atoms with Crippen LogP contribution >= 0.6 is 0 Å². The SMILES string of the molecule is CC1CCC(C(C)C2CCC3C(C2C)C(C)C2C(C)C4(C)C(C)C(C(C)C)C(C)CC4(C)C(C)C2(C)C3C)CC1. The van der Waals surface area contributed by atoms with Crippen LogP contribution in [0, 0.1) is 111 Å². The van der Waals surface area contributed by atoms with E-state index in [9.17, 15) is 0 Å². The van der Waals surface area contributed by atoms with E-state index < -0.39 is 0 Å². The van der Waals surface area contributed by atoms with Crippen molar-refractivity contribution in [2.75, 3.05) is 0 Å². The van der Waals surface area contributed by atoms with Crippen LogP contribution in [0.15, 0.2) is 0 Å². The van der Waals surface area contributed by atoms with Crippen LogP contribution in [0.4, 0.5) is 0 Å². The third-order valence-corrected chi connectivity index (χ3v) is 17.9. The molecule has 0 aromatic rings. The summed E-state index contributed by atoms with van der Waals surface area (Å²) in [4.78, 5) is 0. The monoisotopic (exact) mass is 553 g/mol. The second-order valence-corrected chi connectivity index (χ2v) is 18.8. The maximum atomic E-state index is 2.83. The van der Waals surface area contributed by atoms with Crippen LogP contribution in [0.2, 0.25) is 0 Å². The molecule has 0 saturated heterocycles. The van der Waals surface area contributed by atoms with Crippen molar-refractivity contribution in [2.24, 2.45) is 111 Å². The summed E-state index contributed by atoms with van der Waals surface area (Å²) in [5.41, 5.74) is 1.30. The van der Waals surface area contributed by atoms with Crippen molar-refractivity contribution in [3.05, 3.63) is 0 Å². The molecule has 40 heavy (non-hydrogen) atoms. The fourth-order valence-corrected chi connectivity index (χ4v) is 15.4. The first kappa shape index (κ1) is 31.4. The lowest BCUT2D eigenvalue weighted by molar-refractivity contribution is -0.292. The summed E-state index contributed by atoms with van der Waals surface area (Å²) in [7, 11) is 0. The number of rotatable bonds is 3. The van der Waals surface area contributed by atoms with Crippen molar-refractivity contribution in [1.29, 1.82) is 0 Å². The molecule has 232 valence electrons. The molecule has 5 fully saturated rings. The van der Waals surface area contributed by atoms with Gasteiger partial charge in [0.1, 0.15) is 0 Å². The molecule has 0 spiro atoms. The minimum Gasteiger partial charge on any atom is -0.0625 e. The molecule has 5 saturated carbocycles. The minimum absolute atomic E-state index is 0.419. The third-order valence-electron chi connectivity index (χ3n) is 17.9. The molecule has 0 heteroatoms. The Labute approximate surface area is 252 Å². The highest BCUT2D eigenvalue weighted by Gasteiger charge is 2.72. The van der Waals surface area contributed by atoms with Crippen LogP contribution in [0.3, 0.4) is 0 Å². The highest BCUT2D eigenvalue weighted by molar-refractivity contribution is 5.20. The number of fused-ring (bicyclic) bond motifs is 3. The van der Waals surface area contributed by atoms with Gasteiger partial charge in [0.2, 0.25) is 0 Å². The number of hydrogen-bond donors (Lipinski definition) is 0. The zero-order chi connectivity index (χ0) is 29.7. The van der Waals surface area contributed by atoms with Crippen LogP contribution in [-0.4, -0.2) is 0 Å². The third kappa shape index (κ3) is 4.07. The second-order valence-electron chi connectivity index (χ2n) is 18.8. The molecule has 0 bridgehead atoms. The van der Waals surface area contributed by atoms with Gasteiger partial charge in [-0.1, -0.05) is 110 Å². The Morgan fingerprint density at radius 1 is 0.650 bits per heavy atom. The molecule has 0 radical (unpaired) electrons. The largest absolute Gasteiger partial charge is 0.0625 e. The van der Waals surface area contributed by atoms with E-state index in [0.29, 0.717) is 16.2 Å². The molecule has 16 atom stereocenters. The molecule has 0 aromatic heterocycles. The molecule has 5 rings (SSSR count). The molecule has 0 aliphatic heterocycles. The standard InChI is InChI=1S/C40H72/c1-22(2)35-24(4)21-38(12)31(11)39(13)28(8)34-20-19-33(25(5)32-17-15-23(3)16-18-32)26(6)36(34)27(7)37(39)30(10)40(38,14)29(35)9/h22-37H,15-21H2,1-14H3. The zero-order valence-corrected chi connectivity index (χ0v) is 29.7. The fraction of sp³-hybridized carbons (Fsp3) is 1.00. The predicted molar refractivity (Wildman–Crippen MR) is 175 cm³/mol. The van der Waals surface area contributed by atoms with E-state index in [1.54, 1.807) is 0 Å². The van der Waals surface area contributed by atoms with Crippen molar-refractivity contribution >= 4 is 0 Å². The van der Waals surface area contributed by atoms with Crippen LogP contribution in [-0.2, 0) is 0 Å². The van der Waals surface area contributed by atoms with Gasteiger partial charge in [-0.3, -0.25) is 0 Å². The number of hydrogen-bond acceptors (Lipinski definition) is 0. The summed E-state index contributed by atoms with van der Waals surface area (Å²) in [5, 5.41) is 0. The zero-order valence-electron chi connectivity index (χ0n) is 29.7. The first-order valence-electron chi connectivity index (χ1n) is 18.5. The van der Waals surface area contributed by atoms with Gasteiger partial charge in [-0.05, 0) is 143 Å². The Morgan fingerprint density at radius 3 is 1.82 bits per heavy atom. The lowest BCUT2D eigenvalue weighted by Gasteiger charge is -2.77. The average Bonchev–Trinajstić information content (AvgIpc) is 2.89. The lowest BCUT2D eigenvalue weighted by Crippen LogP contribution is -2.72. The molecular weight excluding hydrogens is 480 g/mol. The maximum absolute atomic E-state index is 2.83. The van der Waals surface area contributed by atoms with Crippen molar-refractivity contribution in [3.8, 4) is 0 Å². The highest BCUT2D eigenvalue weighted by atomic mass is 14.8. The van der Waals surface area contributed by atoms with Gasteiger partial charge in [0.05, 0.1) is 0 Å². The van der Waals surface area contributed by atoms with E-state index in [4.69, 9.17) is 0 Å². The molecule has 0 nitrogen and oxygen atoms in total. The maximum Gasteiger partial charge on any atom is -0.0212 e. The summed E-state index contributed by atoms with van der Waals surface area (Å²) in [6.07, 6.45) is 10.4. The smallest absolute Gasteiger partial charge is 0.0212 e. The van der Waals surface area contributed by atoms with Crippen molar-refractivity contribution in [1.82, 2.24) is 0 Å².